The highest BCUT2D eigenvalue weighted by Gasteiger charge is 2.07. The van der Waals surface area contributed by atoms with Gasteiger partial charge < -0.3 is 0 Å². The van der Waals surface area contributed by atoms with E-state index in [9.17, 15) is 0 Å². The Balaban J connectivity index is 2.05. The minimum absolute atomic E-state index is 0.449. The quantitative estimate of drug-likeness (QED) is 0.621. The van der Waals surface area contributed by atoms with Gasteiger partial charge in [-0.25, -0.2) is 0 Å². The van der Waals surface area contributed by atoms with Crippen molar-refractivity contribution in [2.45, 2.75) is 11.8 Å². The lowest BCUT2D eigenvalue weighted by molar-refractivity contribution is 1.11. The summed E-state index contributed by atoms with van der Waals surface area (Å²) < 4.78 is 0. The molecule has 0 radical (unpaired) electrons. The van der Waals surface area contributed by atoms with Gasteiger partial charge in [-0.1, -0.05) is 60.7 Å². The Labute approximate surface area is 129 Å². The van der Waals surface area contributed by atoms with Gasteiger partial charge in [0, 0.05) is 12.4 Å². The van der Waals surface area contributed by atoms with E-state index in [-0.39, 0.29) is 0 Å². The van der Waals surface area contributed by atoms with Crippen LogP contribution in [0.25, 0.3) is 0 Å². The SMILES string of the molecule is N#C[C@H](/C=N\N=C/[C@@H](C#N)c1ccccc1)c1ccccc1. The molecule has 0 saturated heterocycles. The molecule has 2 aromatic rings. The normalized spacial score (nSPS) is 13.5. The zero-order chi connectivity index (χ0) is 15.6. The van der Waals surface area contributed by atoms with Crippen LogP contribution in [0.4, 0.5) is 0 Å². The monoisotopic (exact) mass is 286 g/mol. The lowest BCUT2D eigenvalue weighted by atomic mass is 10.0. The molecule has 0 spiro atoms. The highest BCUT2D eigenvalue weighted by molar-refractivity contribution is 5.74. The van der Waals surface area contributed by atoms with Crippen molar-refractivity contribution < 1.29 is 0 Å². The average Bonchev–Trinajstić information content (AvgIpc) is 2.60. The van der Waals surface area contributed by atoms with Crippen LogP contribution in [0.15, 0.2) is 70.9 Å². The molecule has 0 aliphatic carbocycles. The third-order valence-electron chi connectivity index (χ3n) is 3.09. The van der Waals surface area contributed by atoms with Crippen molar-refractivity contribution in [3.63, 3.8) is 0 Å². The van der Waals surface area contributed by atoms with Gasteiger partial charge in [-0.2, -0.15) is 20.7 Å². The molecule has 0 aliphatic heterocycles. The molecule has 4 heteroatoms. The summed E-state index contributed by atoms with van der Waals surface area (Å²) in [6.45, 7) is 0. The first kappa shape index (κ1) is 15.2. The van der Waals surface area contributed by atoms with Crippen molar-refractivity contribution in [3.8, 4) is 12.1 Å². The van der Waals surface area contributed by atoms with Crippen LogP contribution in [0.2, 0.25) is 0 Å². The standard InChI is InChI=1S/C18H14N4/c19-11-17(15-7-3-1-4-8-15)13-21-22-14-18(12-20)16-9-5-2-6-10-16/h1-10,13-14,17-18H/b21-13-,22-14-/t17-,18-/m1/s1. The minimum Gasteiger partial charge on any atom is -0.197 e. The molecule has 0 fully saturated rings. The first-order chi connectivity index (χ1) is 10.8. The summed E-state index contributed by atoms with van der Waals surface area (Å²) in [5.41, 5.74) is 1.73. The largest absolute Gasteiger partial charge is 0.197 e. The molecule has 0 bridgehead atoms. The molecule has 0 saturated carbocycles. The lowest BCUT2D eigenvalue weighted by Crippen LogP contribution is -1.98. The average molecular weight is 286 g/mol. The number of hydrogen-bond acceptors (Lipinski definition) is 4. The summed E-state index contributed by atoms with van der Waals surface area (Å²) in [6.07, 6.45) is 2.95. The van der Waals surface area contributed by atoms with E-state index in [1.165, 1.54) is 12.4 Å². The minimum atomic E-state index is -0.449. The van der Waals surface area contributed by atoms with Crippen LogP contribution < -0.4 is 0 Å². The second kappa shape index (κ2) is 8.14. The molecule has 0 heterocycles. The summed E-state index contributed by atoms with van der Waals surface area (Å²) in [5, 5.41) is 26.1. The summed E-state index contributed by atoms with van der Waals surface area (Å²) in [4.78, 5) is 0. The first-order valence-electron chi connectivity index (χ1n) is 6.81. The van der Waals surface area contributed by atoms with Gasteiger partial charge in [0.05, 0.1) is 12.1 Å². The molecule has 2 aromatic carbocycles. The zero-order valence-corrected chi connectivity index (χ0v) is 11.9. The second-order valence-corrected chi connectivity index (χ2v) is 4.56. The van der Waals surface area contributed by atoms with Crippen LogP contribution >= 0.6 is 0 Å². The van der Waals surface area contributed by atoms with Crippen molar-refractivity contribution in [1.29, 1.82) is 10.5 Å². The Hall–Kier alpha value is -3.24. The van der Waals surface area contributed by atoms with Crippen molar-refractivity contribution >= 4 is 12.4 Å². The molecule has 106 valence electrons. The fraction of sp³-hybridized carbons (Fsp3) is 0.111. The fourth-order valence-corrected chi connectivity index (χ4v) is 1.92. The van der Waals surface area contributed by atoms with Gasteiger partial charge in [-0.05, 0) is 11.1 Å². The number of nitriles is 2. The van der Waals surface area contributed by atoms with E-state index in [1.54, 1.807) is 0 Å². The van der Waals surface area contributed by atoms with Gasteiger partial charge in [0.1, 0.15) is 11.8 Å². The molecule has 0 N–H and O–H groups in total. The molecular formula is C18H14N4. The fourth-order valence-electron chi connectivity index (χ4n) is 1.92. The zero-order valence-electron chi connectivity index (χ0n) is 11.9. The van der Waals surface area contributed by atoms with E-state index < -0.39 is 11.8 Å². The van der Waals surface area contributed by atoms with Gasteiger partial charge in [0.25, 0.3) is 0 Å². The Bertz CT molecular complexity index is 656. The second-order valence-electron chi connectivity index (χ2n) is 4.56. The summed E-state index contributed by atoms with van der Waals surface area (Å²) in [7, 11) is 0. The molecule has 2 atom stereocenters. The molecule has 2 rings (SSSR count). The van der Waals surface area contributed by atoms with E-state index in [4.69, 9.17) is 10.5 Å². The smallest absolute Gasteiger partial charge is 0.108 e. The van der Waals surface area contributed by atoms with E-state index in [1.807, 2.05) is 60.7 Å². The predicted octanol–water partition coefficient (Wildman–Crippen LogP) is 3.66. The predicted molar refractivity (Wildman–Crippen MR) is 86.6 cm³/mol. The van der Waals surface area contributed by atoms with Crippen LogP contribution in [0.5, 0.6) is 0 Å². The Kier molecular flexibility index (Phi) is 5.61. The van der Waals surface area contributed by atoms with Crippen LogP contribution in [0.3, 0.4) is 0 Å². The van der Waals surface area contributed by atoms with Crippen LogP contribution in [0.1, 0.15) is 23.0 Å². The van der Waals surface area contributed by atoms with Crippen molar-refractivity contribution in [2.24, 2.45) is 10.2 Å². The highest BCUT2D eigenvalue weighted by Crippen LogP contribution is 2.13. The Morgan fingerprint density at radius 1 is 0.682 bits per heavy atom. The molecule has 0 amide bonds. The highest BCUT2D eigenvalue weighted by atomic mass is 15.2. The molecule has 0 aromatic heterocycles. The number of rotatable bonds is 5. The molecule has 0 aliphatic rings. The van der Waals surface area contributed by atoms with E-state index in [2.05, 4.69) is 22.3 Å². The Morgan fingerprint density at radius 2 is 1.05 bits per heavy atom. The Morgan fingerprint density at radius 3 is 1.36 bits per heavy atom. The topological polar surface area (TPSA) is 72.3 Å². The van der Waals surface area contributed by atoms with E-state index in [0.29, 0.717) is 0 Å². The van der Waals surface area contributed by atoms with Gasteiger partial charge in [0.15, 0.2) is 0 Å². The summed E-state index contributed by atoms with van der Waals surface area (Å²) >= 11 is 0. The molecular weight excluding hydrogens is 272 g/mol. The summed E-state index contributed by atoms with van der Waals surface area (Å²) in [5.74, 6) is -0.897. The maximum atomic E-state index is 9.17. The number of nitrogens with zero attached hydrogens (tertiary/aromatic N) is 4. The summed E-state index contributed by atoms with van der Waals surface area (Å²) in [6, 6.07) is 23.1. The van der Waals surface area contributed by atoms with Crippen LogP contribution in [0, 0.1) is 22.7 Å². The van der Waals surface area contributed by atoms with Crippen LogP contribution in [-0.2, 0) is 0 Å². The molecule has 0 unspecified atom stereocenters. The van der Waals surface area contributed by atoms with Crippen LogP contribution in [-0.4, -0.2) is 12.4 Å². The van der Waals surface area contributed by atoms with Gasteiger partial charge in [0.2, 0.25) is 0 Å². The maximum absolute atomic E-state index is 9.17. The van der Waals surface area contributed by atoms with Gasteiger partial charge in [-0.15, -0.1) is 0 Å². The first-order valence-corrected chi connectivity index (χ1v) is 6.81. The maximum Gasteiger partial charge on any atom is 0.108 e. The third-order valence-corrected chi connectivity index (χ3v) is 3.09. The van der Waals surface area contributed by atoms with Crippen molar-refractivity contribution in [2.75, 3.05) is 0 Å². The van der Waals surface area contributed by atoms with Gasteiger partial charge >= 0.3 is 0 Å². The van der Waals surface area contributed by atoms with Crippen molar-refractivity contribution in [1.82, 2.24) is 0 Å². The number of benzene rings is 2. The van der Waals surface area contributed by atoms with Crippen molar-refractivity contribution in [3.05, 3.63) is 71.8 Å². The molecule has 22 heavy (non-hydrogen) atoms. The van der Waals surface area contributed by atoms with E-state index >= 15 is 0 Å². The van der Waals surface area contributed by atoms with Gasteiger partial charge in [-0.3, -0.25) is 0 Å². The third kappa shape index (κ3) is 4.13. The lowest BCUT2D eigenvalue weighted by Gasteiger charge is -2.02. The number of hydrogen-bond donors (Lipinski definition) is 0. The molecule has 4 nitrogen and oxygen atoms in total. The van der Waals surface area contributed by atoms with E-state index in [0.717, 1.165) is 11.1 Å².